The van der Waals surface area contributed by atoms with Crippen molar-refractivity contribution in [2.45, 2.75) is 0 Å². The zero-order chi connectivity index (χ0) is 10.4. The van der Waals surface area contributed by atoms with E-state index in [-0.39, 0.29) is 5.97 Å². The Morgan fingerprint density at radius 1 is 1.43 bits per heavy atom. The van der Waals surface area contributed by atoms with E-state index in [1.165, 1.54) is 13.3 Å². The number of methoxy groups -OCH3 is 1. The second-order valence-corrected chi connectivity index (χ2v) is 2.45. The molecular weight excluding hydrogens is 184 g/mol. The van der Waals surface area contributed by atoms with E-state index in [4.69, 9.17) is 5.90 Å². The Morgan fingerprint density at radius 3 is 2.57 bits per heavy atom. The van der Waals surface area contributed by atoms with Crippen LogP contribution in [0.1, 0.15) is 15.9 Å². The lowest BCUT2D eigenvalue weighted by Gasteiger charge is -1.98. The van der Waals surface area contributed by atoms with Crippen LogP contribution in [-0.2, 0) is 9.68 Å². The van der Waals surface area contributed by atoms with Crippen molar-refractivity contribution in [1.82, 2.24) is 0 Å². The molecule has 0 aliphatic carbocycles. The van der Waals surface area contributed by atoms with E-state index < -0.39 is 0 Å². The fourth-order valence-corrected chi connectivity index (χ4v) is 0.914. The van der Waals surface area contributed by atoms with Gasteiger partial charge in [-0.1, -0.05) is 17.3 Å². The number of benzene rings is 1. The lowest BCUT2D eigenvalue weighted by molar-refractivity contribution is 0.0601. The maximum Gasteiger partial charge on any atom is 0.337 e. The number of carbonyl (C=O) groups excluding carboxylic acids is 1. The topological polar surface area (TPSA) is 73.9 Å². The molecular formula is C9H10N2O3. The van der Waals surface area contributed by atoms with E-state index in [1.54, 1.807) is 24.3 Å². The van der Waals surface area contributed by atoms with Crippen LogP contribution < -0.4 is 5.90 Å². The molecule has 0 spiro atoms. The highest BCUT2D eigenvalue weighted by molar-refractivity contribution is 5.90. The number of nitrogens with zero attached hydrogens (tertiary/aromatic N) is 1. The molecule has 1 rings (SSSR count). The van der Waals surface area contributed by atoms with Crippen molar-refractivity contribution in [2.24, 2.45) is 11.1 Å². The van der Waals surface area contributed by atoms with Gasteiger partial charge in [0.1, 0.15) is 0 Å². The van der Waals surface area contributed by atoms with Crippen molar-refractivity contribution in [3.63, 3.8) is 0 Å². The van der Waals surface area contributed by atoms with E-state index in [0.717, 1.165) is 5.56 Å². The lowest BCUT2D eigenvalue weighted by Crippen LogP contribution is -2.00. The predicted octanol–water partition coefficient (Wildman–Crippen LogP) is 0.697. The molecule has 5 heteroatoms. The molecule has 0 aliphatic heterocycles. The molecule has 5 nitrogen and oxygen atoms in total. The average molecular weight is 194 g/mol. The molecule has 74 valence electrons. The van der Waals surface area contributed by atoms with Crippen molar-refractivity contribution in [1.29, 1.82) is 0 Å². The van der Waals surface area contributed by atoms with Gasteiger partial charge in [0.05, 0.1) is 18.9 Å². The van der Waals surface area contributed by atoms with Crippen LogP contribution in [0, 0.1) is 0 Å². The number of carbonyl (C=O) groups is 1. The minimum Gasteiger partial charge on any atom is -0.465 e. The Hall–Kier alpha value is -1.88. The first kappa shape index (κ1) is 10.2. The van der Waals surface area contributed by atoms with E-state index in [2.05, 4.69) is 14.8 Å². The Bertz CT molecular complexity index is 332. The molecule has 0 radical (unpaired) electrons. The number of hydrogen-bond donors (Lipinski definition) is 1. The van der Waals surface area contributed by atoms with Gasteiger partial charge in [0.15, 0.2) is 0 Å². The fourth-order valence-electron chi connectivity index (χ4n) is 0.914. The summed E-state index contributed by atoms with van der Waals surface area (Å²) in [5.74, 6) is 4.33. The first-order valence-electron chi connectivity index (χ1n) is 3.85. The maximum absolute atomic E-state index is 11.0. The van der Waals surface area contributed by atoms with Gasteiger partial charge in [-0.2, -0.15) is 0 Å². The summed E-state index contributed by atoms with van der Waals surface area (Å²) in [6.45, 7) is 0. The zero-order valence-electron chi connectivity index (χ0n) is 7.64. The predicted molar refractivity (Wildman–Crippen MR) is 50.6 cm³/mol. The minimum atomic E-state index is -0.372. The van der Waals surface area contributed by atoms with Gasteiger partial charge in [-0.3, -0.25) is 0 Å². The van der Waals surface area contributed by atoms with Crippen LogP contribution in [0.2, 0.25) is 0 Å². The van der Waals surface area contributed by atoms with Crippen molar-refractivity contribution >= 4 is 12.2 Å². The van der Waals surface area contributed by atoms with Crippen molar-refractivity contribution < 1.29 is 14.5 Å². The molecule has 0 aliphatic rings. The van der Waals surface area contributed by atoms with Gasteiger partial charge < -0.3 is 9.68 Å². The molecule has 0 saturated heterocycles. The summed E-state index contributed by atoms with van der Waals surface area (Å²) in [7, 11) is 1.33. The van der Waals surface area contributed by atoms with Crippen LogP contribution >= 0.6 is 0 Å². The van der Waals surface area contributed by atoms with E-state index in [9.17, 15) is 4.79 Å². The van der Waals surface area contributed by atoms with Gasteiger partial charge >= 0.3 is 5.97 Å². The summed E-state index contributed by atoms with van der Waals surface area (Å²) >= 11 is 0. The van der Waals surface area contributed by atoms with E-state index >= 15 is 0 Å². The molecule has 0 unspecified atom stereocenters. The molecule has 2 N–H and O–H groups in total. The molecule has 0 bridgehead atoms. The van der Waals surface area contributed by atoms with Crippen LogP contribution in [0.25, 0.3) is 0 Å². The summed E-state index contributed by atoms with van der Waals surface area (Å²) in [5, 5.41) is 3.37. The monoisotopic (exact) mass is 194 g/mol. The smallest absolute Gasteiger partial charge is 0.337 e. The second kappa shape index (κ2) is 4.98. The zero-order valence-corrected chi connectivity index (χ0v) is 7.64. The summed E-state index contributed by atoms with van der Waals surface area (Å²) in [4.78, 5) is 15.1. The Morgan fingerprint density at radius 2 is 2.07 bits per heavy atom. The Balaban J connectivity index is 2.78. The van der Waals surface area contributed by atoms with E-state index in [0.29, 0.717) is 5.56 Å². The van der Waals surface area contributed by atoms with Gasteiger partial charge in [0, 0.05) is 0 Å². The van der Waals surface area contributed by atoms with Crippen LogP contribution in [0.4, 0.5) is 0 Å². The highest BCUT2D eigenvalue weighted by Gasteiger charge is 2.02. The molecule has 0 fully saturated rings. The highest BCUT2D eigenvalue weighted by atomic mass is 16.7. The molecule has 0 aromatic heterocycles. The third-order valence-corrected chi connectivity index (χ3v) is 1.59. The van der Waals surface area contributed by atoms with Gasteiger partial charge in [0.2, 0.25) is 0 Å². The number of ether oxygens (including phenoxy) is 1. The minimum absolute atomic E-state index is 0.372. The summed E-state index contributed by atoms with van der Waals surface area (Å²) < 4.78 is 4.54. The van der Waals surface area contributed by atoms with E-state index in [1.807, 2.05) is 0 Å². The normalized spacial score (nSPS) is 10.1. The number of esters is 1. The molecule has 0 heterocycles. The largest absolute Gasteiger partial charge is 0.465 e. The first-order chi connectivity index (χ1) is 6.77. The quantitative estimate of drug-likeness (QED) is 0.436. The van der Waals surface area contributed by atoms with Crippen molar-refractivity contribution in [3.8, 4) is 0 Å². The molecule has 1 aromatic carbocycles. The Kier molecular flexibility index (Phi) is 3.63. The Labute approximate surface area is 81.1 Å². The number of nitrogens with two attached hydrogens (primary N) is 1. The van der Waals surface area contributed by atoms with Gasteiger partial charge in [-0.25, -0.2) is 4.79 Å². The van der Waals surface area contributed by atoms with Crippen LogP contribution in [0.5, 0.6) is 0 Å². The van der Waals surface area contributed by atoms with Crippen LogP contribution in [0.15, 0.2) is 29.4 Å². The maximum atomic E-state index is 11.0. The molecule has 0 atom stereocenters. The van der Waals surface area contributed by atoms with Gasteiger partial charge in [0.25, 0.3) is 0 Å². The summed E-state index contributed by atoms with van der Waals surface area (Å²) in [5.41, 5.74) is 1.27. The average Bonchev–Trinajstić information content (AvgIpc) is 2.26. The summed E-state index contributed by atoms with van der Waals surface area (Å²) in [6, 6.07) is 6.66. The summed E-state index contributed by atoms with van der Waals surface area (Å²) in [6.07, 6.45) is 1.43. The first-order valence-corrected chi connectivity index (χ1v) is 3.85. The molecule has 0 saturated carbocycles. The SMILES string of the molecule is COC(=O)c1ccc(C=NON)cc1. The fraction of sp³-hybridized carbons (Fsp3) is 0.111. The molecule has 14 heavy (non-hydrogen) atoms. The second-order valence-electron chi connectivity index (χ2n) is 2.45. The van der Waals surface area contributed by atoms with Gasteiger partial charge in [-0.05, 0) is 17.7 Å². The third-order valence-electron chi connectivity index (χ3n) is 1.59. The van der Waals surface area contributed by atoms with Gasteiger partial charge in [-0.15, -0.1) is 5.90 Å². The van der Waals surface area contributed by atoms with Crippen LogP contribution in [-0.4, -0.2) is 19.3 Å². The standard InChI is InChI=1S/C9H10N2O3/c1-13-9(12)8-4-2-7(3-5-8)6-11-14-10/h2-6H,10H2,1H3. The molecule has 0 amide bonds. The number of hydrogen-bond acceptors (Lipinski definition) is 5. The third kappa shape index (κ3) is 2.56. The van der Waals surface area contributed by atoms with Crippen molar-refractivity contribution in [3.05, 3.63) is 35.4 Å². The molecule has 1 aromatic rings. The lowest BCUT2D eigenvalue weighted by atomic mass is 10.1. The van der Waals surface area contributed by atoms with Crippen molar-refractivity contribution in [2.75, 3.05) is 7.11 Å². The highest BCUT2D eigenvalue weighted by Crippen LogP contribution is 2.03. The van der Waals surface area contributed by atoms with Crippen LogP contribution in [0.3, 0.4) is 0 Å². The number of rotatable bonds is 3. The number of oxime groups is 1.